The summed E-state index contributed by atoms with van der Waals surface area (Å²) in [6.07, 6.45) is 2.67. The first-order valence-corrected chi connectivity index (χ1v) is 4.77. The minimum Gasteiger partial charge on any atom is -0.127 e. The van der Waals surface area contributed by atoms with Gasteiger partial charge in [0.2, 0.25) is 0 Å². The molecule has 0 atom stereocenters. The van der Waals surface area contributed by atoms with E-state index in [1.54, 1.807) is 0 Å². The summed E-state index contributed by atoms with van der Waals surface area (Å²) in [5.74, 6) is 0.677. The van der Waals surface area contributed by atoms with Gasteiger partial charge >= 0.3 is 0 Å². The Bertz CT molecular complexity index is 69.1. The summed E-state index contributed by atoms with van der Waals surface area (Å²) in [4.78, 5) is 0. The largest absolute Gasteiger partial charge is 0.172 e. The number of halogens is 4. The normalized spacial score (nSPS) is 12.0. The first-order chi connectivity index (χ1) is 4.06. The van der Waals surface area contributed by atoms with Crippen LogP contribution in [0.3, 0.4) is 0 Å². The summed E-state index contributed by atoms with van der Waals surface area (Å²) < 4.78 is -0.751. The van der Waals surface area contributed by atoms with Crippen LogP contribution in [-0.2, 0) is 0 Å². The van der Waals surface area contributed by atoms with Gasteiger partial charge in [-0.1, -0.05) is 23.2 Å². The molecule has 0 fully saturated rings. The lowest BCUT2D eigenvalue weighted by atomic mass is 10.3. The lowest BCUT2D eigenvalue weighted by molar-refractivity contribution is 0.746. The smallest absolute Gasteiger partial charge is 0.127 e. The standard InChI is InChI=1S/C5H8BrCl3/c6-5(8,9)3-1-2-4-7/h1-4H2. The first-order valence-electron chi connectivity index (χ1n) is 2.69. The second-order valence-corrected chi connectivity index (χ2v) is 5.89. The van der Waals surface area contributed by atoms with Crippen LogP contribution in [0.4, 0.5) is 0 Å². The summed E-state index contributed by atoms with van der Waals surface area (Å²) >= 11 is 19.7. The molecule has 0 heterocycles. The third-order valence-electron chi connectivity index (χ3n) is 0.844. The maximum Gasteiger partial charge on any atom is 0.172 e. The average Bonchev–Trinajstić information content (AvgIpc) is 1.63. The minimum absolute atomic E-state index is 0.677. The van der Waals surface area contributed by atoms with Crippen molar-refractivity contribution in [2.75, 3.05) is 5.88 Å². The Hall–Kier alpha value is 1.35. The van der Waals surface area contributed by atoms with Crippen molar-refractivity contribution in [1.82, 2.24) is 0 Å². The van der Waals surface area contributed by atoms with E-state index in [4.69, 9.17) is 34.8 Å². The SMILES string of the molecule is ClCCCCC(Cl)(Cl)Br. The molecule has 0 aliphatic heterocycles. The number of rotatable bonds is 4. The molecule has 0 unspecified atom stereocenters. The Morgan fingerprint density at radius 1 is 1.22 bits per heavy atom. The lowest BCUT2D eigenvalue weighted by Crippen LogP contribution is -1.99. The molecule has 0 aliphatic carbocycles. The molecule has 0 aromatic carbocycles. The van der Waals surface area contributed by atoms with Crippen LogP contribution in [0, 0.1) is 0 Å². The molecule has 56 valence electrons. The fourth-order valence-corrected chi connectivity index (χ4v) is 1.16. The van der Waals surface area contributed by atoms with Gasteiger partial charge in [-0.05, 0) is 35.2 Å². The zero-order valence-corrected chi connectivity index (χ0v) is 8.69. The molecule has 9 heavy (non-hydrogen) atoms. The fraction of sp³-hybridized carbons (Fsp3) is 1.00. The highest BCUT2D eigenvalue weighted by Gasteiger charge is 2.16. The highest BCUT2D eigenvalue weighted by Crippen LogP contribution is 2.33. The predicted molar refractivity (Wildman–Crippen MR) is 47.9 cm³/mol. The number of alkyl halides is 4. The van der Waals surface area contributed by atoms with E-state index in [1.165, 1.54) is 0 Å². The summed E-state index contributed by atoms with van der Waals surface area (Å²) in [6, 6.07) is 0. The Morgan fingerprint density at radius 3 is 2.11 bits per heavy atom. The van der Waals surface area contributed by atoms with Crippen LogP contribution in [0.2, 0.25) is 0 Å². The summed E-state index contributed by atoms with van der Waals surface area (Å²) in [5.41, 5.74) is 0. The topological polar surface area (TPSA) is 0 Å². The molecule has 0 saturated heterocycles. The van der Waals surface area contributed by atoms with Gasteiger partial charge in [-0.15, -0.1) is 11.6 Å². The molecule has 0 rings (SSSR count). The van der Waals surface area contributed by atoms with E-state index in [0.29, 0.717) is 5.88 Å². The Kier molecular flexibility index (Phi) is 5.82. The molecule has 0 N–H and O–H groups in total. The van der Waals surface area contributed by atoms with Gasteiger partial charge in [0, 0.05) is 5.88 Å². The van der Waals surface area contributed by atoms with Crippen LogP contribution < -0.4 is 0 Å². The summed E-state index contributed by atoms with van der Waals surface area (Å²) in [5, 5.41) is 0. The first kappa shape index (κ1) is 10.3. The van der Waals surface area contributed by atoms with Crippen molar-refractivity contribution in [3.8, 4) is 0 Å². The fourth-order valence-electron chi connectivity index (χ4n) is 0.420. The van der Waals surface area contributed by atoms with Gasteiger partial charge in [-0.25, -0.2) is 0 Å². The van der Waals surface area contributed by atoms with Crippen molar-refractivity contribution in [1.29, 1.82) is 0 Å². The van der Waals surface area contributed by atoms with Gasteiger partial charge in [0.05, 0.1) is 0 Å². The van der Waals surface area contributed by atoms with E-state index in [9.17, 15) is 0 Å². The molecule has 0 aliphatic rings. The Balaban J connectivity index is 3.07. The van der Waals surface area contributed by atoms with Gasteiger partial charge in [-0.2, -0.15) is 0 Å². The second kappa shape index (κ2) is 5.06. The third-order valence-corrected chi connectivity index (χ3v) is 1.89. The van der Waals surface area contributed by atoms with Crippen molar-refractivity contribution in [2.24, 2.45) is 0 Å². The van der Waals surface area contributed by atoms with Gasteiger partial charge in [0.25, 0.3) is 0 Å². The van der Waals surface area contributed by atoms with Gasteiger partial charge in [-0.3, -0.25) is 0 Å². The van der Waals surface area contributed by atoms with E-state index >= 15 is 0 Å². The zero-order valence-electron chi connectivity index (χ0n) is 4.84. The molecular weight excluding hydrogens is 246 g/mol. The highest BCUT2D eigenvalue weighted by molar-refractivity contribution is 9.11. The maximum absolute atomic E-state index is 5.61. The van der Waals surface area contributed by atoms with Crippen LogP contribution in [0.15, 0.2) is 0 Å². The average molecular weight is 254 g/mol. The second-order valence-electron chi connectivity index (χ2n) is 1.76. The molecule has 0 saturated carbocycles. The zero-order chi connectivity index (χ0) is 7.33. The molecule has 0 aromatic rings. The van der Waals surface area contributed by atoms with Crippen LogP contribution in [0.25, 0.3) is 0 Å². The number of unbranched alkanes of at least 4 members (excludes halogenated alkanes) is 1. The van der Waals surface area contributed by atoms with Gasteiger partial charge in [0.15, 0.2) is 3.24 Å². The number of hydrogen-bond acceptors (Lipinski definition) is 0. The van der Waals surface area contributed by atoms with Gasteiger partial charge in [0.1, 0.15) is 0 Å². The molecule has 0 spiro atoms. The van der Waals surface area contributed by atoms with Crippen LogP contribution in [0.5, 0.6) is 0 Å². The van der Waals surface area contributed by atoms with Crippen LogP contribution >= 0.6 is 50.7 Å². The summed E-state index contributed by atoms with van der Waals surface area (Å²) in [6.45, 7) is 0. The monoisotopic (exact) mass is 252 g/mol. The van der Waals surface area contributed by atoms with E-state index < -0.39 is 3.24 Å². The molecule has 0 bridgehead atoms. The molecule has 0 nitrogen and oxygen atoms in total. The Labute approximate surface area is 79.0 Å². The Morgan fingerprint density at radius 2 is 1.78 bits per heavy atom. The molecular formula is C5H8BrCl3. The van der Waals surface area contributed by atoms with Crippen molar-refractivity contribution in [3.05, 3.63) is 0 Å². The van der Waals surface area contributed by atoms with Gasteiger partial charge < -0.3 is 0 Å². The van der Waals surface area contributed by atoms with Crippen molar-refractivity contribution in [3.63, 3.8) is 0 Å². The van der Waals surface area contributed by atoms with E-state index in [2.05, 4.69) is 15.9 Å². The minimum atomic E-state index is -0.751. The molecule has 0 radical (unpaired) electrons. The quantitative estimate of drug-likeness (QED) is 0.527. The summed E-state index contributed by atoms with van der Waals surface area (Å²) in [7, 11) is 0. The maximum atomic E-state index is 5.61. The van der Waals surface area contributed by atoms with E-state index in [-0.39, 0.29) is 0 Å². The molecule has 0 amide bonds. The van der Waals surface area contributed by atoms with E-state index in [0.717, 1.165) is 19.3 Å². The third kappa shape index (κ3) is 9.35. The molecule has 0 aromatic heterocycles. The molecule has 4 heteroatoms. The lowest BCUT2D eigenvalue weighted by Gasteiger charge is -2.08. The highest BCUT2D eigenvalue weighted by atomic mass is 79.9. The van der Waals surface area contributed by atoms with E-state index in [1.807, 2.05) is 0 Å². The van der Waals surface area contributed by atoms with Crippen LogP contribution in [-0.4, -0.2) is 9.12 Å². The van der Waals surface area contributed by atoms with Crippen molar-refractivity contribution in [2.45, 2.75) is 22.5 Å². The van der Waals surface area contributed by atoms with Crippen molar-refractivity contribution >= 4 is 50.7 Å². The number of hydrogen-bond donors (Lipinski definition) is 0. The van der Waals surface area contributed by atoms with Crippen molar-refractivity contribution < 1.29 is 0 Å². The van der Waals surface area contributed by atoms with Crippen LogP contribution in [0.1, 0.15) is 19.3 Å². The predicted octanol–water partition coefficient (Wildman–Crippen LogP) is 3.92.